The second-order valence-corrected chi connectivity index (χ2v) is 5.66. The summed E-state index contributed by atoms with van der Waals surface area (Å²) in [6, 6.07) is 14.3. The molecule has 0 aliphatic carbocycles. The minimum atomic E-state index is -0.448. The summed E-state index contributed by atoms with van der Waals surface area (Å²) in [5.74, 6) is 0.345. The van der Waals surface area contributed by atoms with Crippen molar-refractivity contribution in [1.29, 1.82) is 0 Å². The summed E-state index contributed by atoms with van der Waals surface area (Å²) in [5.41, 5.74) is 6.29. The van der Waals surface area contributed by atoms with Crippen LogP contribution in [0.1, 0.15) is 36.2 Å². The lowest BCUT2D eigenvalue weighted by Gasteiger charge is -2.10. The SMILES string of the molecule is CCCOc1cccc(C(=O)NNC(=O)COc2ccc(CC)cc2)c1. The number of carbonyl (C=O) groups excluding carboxylic acids is 2. The fourth-order valence-corrected chi connectivity index (χ4v) is 2.15. The minimum absolute atomic E-state index is 0.189. The summed E-state index contributed by atoms with van der Waals surface area (Å²) in [4.78, 5) is 23.9. The first-order chi connectivity index (χ1) is 12.6. The quantitative estimate of drug-likeness (QED) is 0.713. The average molecular weight is 356 g/mol. The van der Waals surface area contributed by atoms with Crippen LogP contribution in [0.15, 0.2) is 48.5 Å². The first kappa shape index (κ1) is 19.3. The third kappa shape index (κ3) is 6.12. The van der Waals surface area contributed by atoms with Gasteiger partial charge in [-0.3, -0.25) is 20.4 Å². The summed E-state index contributed by atoms with van der Waals surface area (Å²) in [7, 11) is 0. The van der Waals surface area contributed by atoms with Crippen LogP contribution < -0.4 is 20.3 Å². The molecule has 26 heavy (non-hydrogen) atoms. The number of rotatable bonds is 8. The molecule has 0 aliphatic heterocycles. The standard InChI is InChI=1S/C20H24N2O4/c1-3-12-25-18-7-5-6-16(13-18)20(24)22-21-19(23)14-26-17-10-8-15(4-2)9-11-17/h5-11,13H,3-4,12,14H2,1-2H3,(H,21,23)(H,22,24). The smallest absolute Gasteiger partial charge is 0.276 e. The molecule has 0 spiro atoms. The van der Waals surface area contributed by atoms with Gasteiger partial charge in [0, 0.05) is 5.56 Å². The summed E-state index contributed by atoms with van der Waals surface area (Å²) >= 11 is 0. The molecule has 2 N–H and O–H groups in total. The van der Waals surface area contributed by atoms with Crippen LogP contribution in [0.5, 0.6) is 11.5 Å². The molecule has 0 fully saturated rings. The lowest BCUT2D eigenvalue weighted by atomic mass is 10.2. The van der Waals surface area contributed by atoms with Gasteiger partial charge in [-0.2, -0.15) is 0 Å². The van der Waals surface area contributed by atoms with Crippen LogP contribution in [0.4, 0.5) is 0 Å². The van der Waals surface area contributed by atoms with Crippen LogP contribution in [-0.4, -0.2) is 25.0 Å². The summed E-state index contributed by atoms with van der Waals surface area (Å²) in [5, 5.41) is 0. The molecule has 0 saturated heterocycles. The van der Waals surface area contributed by atoms with Gasteiger partial charge >= 0.3 is 0 Å². The van der Waals surface area contributed by atoms with Crippen molar-refractivity contribution in [3.8, 4) is 11.5 Å². The van der Waals surface area contributed by atoms with Gasteiger partial charge in [0.2, 0.25) is 0 Å². The van der Waals surface area contributed by atoms with Gasteiger partial charge in [0.05, 0.1) is 6.61 Å². The normalized spacial score (nSPS) is 10.1. The highest BCUT2D eigenvalue weighted by atomic mass is 16.5. The summed E-state index contributed by atoms with van der Waals surface area (Å²) in [6.07, 6.45) is 1.82. The van der Waals surface area contributed by atoms with Crippen molar-refractivity contribution in [3.05, 3.63) is 59.7 Å². The second-order valence-electron chi connectivity index (χ2n) is 5.66. The van der Waals surface area contributed by atoms with Crippen LogP contribution in [-0.2, 0) is 11.2 Å². The molecule has 2 aromatic carbocycles. The minimum Gasteiger partial charge on any atom is -0.494 e. The fraction of sp³-hybridized carbons (Fsp3) is 0.300. The molecule has 0 bridgehead atoms. The lowest BCUT2D eigenvalue weighted by Crippen LogP contribution is -2.43. The first-order valence-corrected chi connectivity index (χ1v) is 8.66. The van der Waals surface area contributed by atoms with Crippen LogP contribution in [0.3, 0.4) is 0 Å². The van der Waals surface area contributed by atoms with Gasteiger partial charge < -0.3 is 9.47 Å². The topological polar surface area (TPSA) is 76.7 Å². The van der Waals surface area contributed by atoms with Crippen LogP contribution in [0.2, 0.25) is 0 Å². The third-order valence-corrected chi connectivity index (χ3v) is 3.59. The number of hydrazine groups is 1. The Balaban J connectivity index is 1.78. The zero-order chi connectivity index (χ0) is 18.8. The van der Waals surface area contributed by atoms with Gasteiger partial charge in [0.25, 0.3) is 11.8 Å². The number of amides is 2. The molecule has 0 aliphatic rings. The Labute approximate surface area is 153 Å². The summed E-state index contributed by atoms with van der Waals surface area (Å²) in [6.45, 7) is 4.47. The molecule has 2 aromatic rings. The predicted octanol–water partition coefficient (Wildman–Crippen LogP) is 2.88. The van der Waals surface area contributed by atoms with E-state index < -0.39 is 11.8 Å². The molecule has 0 aromatic heterocycles. The van der Waals surface area contributed by atoms with Crippen molar-refractivity contribution in [2.24, 2.45) is 0 Å². The largest absolute Gasteiger partial charge is 0.494 e. The average Bonchev–Trinajstić information content (AvgIpc) is 2.69. The number of hydrogen-bond donors (Lipinski definition) is 2. The molecule has 0 atom stereocenters. The van der Waals surface area contributed by atoms with Gasteiger partial charge in [-0.25, -0.2) is 0 Å². The maximum Gasteiger partial charge on any atom is 0.276 e. The molecule has 6 heteroatoms. The number of ether oxygens (including phenoxy) is 2. The number of carbonyl (C=O) groups is 2. The predicted molar refractivity (Wildman–Crippen MR) is 99.2 cm³/mol. The Morgan fingerprint density at radius 3 is 2.38 bits per heavy atom. The maximum atomic E-state index is 12.1. The van der Waals surface area contributed by atoms with Crippen LogP contribution in [0, 0.1) is 0 Å². The Hall–Kier alpha value is -3.02. The monoisotopic (exact) mass is 356 g/mol. The zero-order valence-corrected chi connectivity index (χ0v) is 15.1. The van der Waals surface area contributed by atoms with E-state index in [1.807, 2.05) is 31.2 Å². The molecule has 2 amide bonds. The molecule has 0 radical (unpaired) electrons. The number of hydrogen-bond acceptors (Lipinski definition) is 4. The van der Waals surface area contributed by atoms with Crippen molar-refractivity contribution in [3.63, 3.8) is 0 Å². The van der Waals surface area contributed by atoms with Crippen molar-refractivity contribution in [2.75, 3.05) is 13.2 Å². The molecule has 0 unspecified atom stereocenters. The lowest BCUT2D eigenvalue weighted by molar-refractivity contribution is -0.123. The Kier molecular flexibility index (Phi) is 7.49. The van der Waals surface area contributed by atoms with Crippen LogP contribution in [0.25, 0.3) is 0 Å². The van der Waals surface area contributed by atoms with Crippen LogP contribution >= 0.6 is 0 Å². The summed E-state index contributed by atoms with van der Waals surface area (Å²) < 4.78 is 10.9. The molecule has 6 nitrogen and oxygen atoms in total. The zero-order valence-electron chi connectivity index (χ0n) is 15.1. The number of nitrogens with one attached hydrogen (secondary N) is 2. The van der Waals surface area contributed by atoms with E-state index in [4.69, 9.17) is 9.47 Å². The molecule has 0 heterocycles. The Morgan fingerprint density at radius 2 is 1.69 bits per heavy atom. The molecule has 0 saturated carbocycles. The number of aryl methyl sites for hydroxylation is 1. The second kappa shape index (κ2) is 10.1. The van der Waals surface area contributed by atoms with E-state index in [-0.39, 0.29) is 6.61 Å². The van der Waals surface area contributed by atoms with Gasteiger partial charge in [0.15, 0.2) is 6.61 Å². The highest BCUT2D eigenvalue weighted by molar-refractivity contribution is 5.95. The molecule has 2 rings (SSSR count). The van der Waals surface area contributed by atoms with Crippen molar-refractivity contribution in [2.45, 2.75) is 26.7 Å². The van der Waals surface area contributed by atoms with Gasteiger partial charge in [-0.1, -0.05) is 32.0 Å². The van der Waals surface area contributed by atoms with E-state index in [1.54, 1.807) is 24.3 Å². The van der Waals surface area contributed by atoms with E-state index >= 15 is 0 Å². The van der Waals surface area contributed by atoms with E-state index in [0.717, 1.165) is 12.8 Å². The van der Waals surface area contributed by atoms with Gasteiger partial charge in [-0.15, -0.1) is 0 Å². The first-order valence-electron chi connectivity index (χ1n) is 8.66. The van der Waals surface area contributed by atoms with Gasteiger partial charge in [0.1, 0.15) is 11.5 Å². The van der Waals surface area contributed by atoms with Crippen molar-refractivity contribution < 1.29 is 19.1 Å². The Morgan fingerprint density at radius 1 is 0.923 bits per heavy atom. The Bertz CT molecular complexity index is 729. The fourth-order valence-electron chi connectivity index (χ4n) is 2.15. The van der Waals surface area contributed by atoms with E-state index in [2.05, 4.69) is 17.8 Å². The third-order valence-electron chi connectivity index (χ3n) is 3.59. The molecular weight excluding hydrogens is 332 g/mol. The van der Waals surface area contributed by atoms with Crippen molar-refractivity contribution in [1.82, 2.24) is 10.9 Å². The van der Waals surface area contributed by atoms with E-state index in [1.165, 1.54) is 5.56 Å². The van der Waals surface area contributed by atoms with E-state index in [0.29, 0.717) is 23.7 Å². The number of benzene rings is 2. The maximum absolute atomic E-state index is 12.1. The van der Waals surface area contributed by atoms with Gasteiger partial charge in [-0.05, 0) is 48.7 Å². The van der Waals surface area contributed by atoms with Crippen molar-refractivity contribution >= 4 is 11.8 Å². The van der Waals surface area contributed by atoms with E-state index in [9.17, 15) is 9.59 Å². The molecule has 138 valence electrons. The molecular formula is C20H24N2O4. The highest BCUT2D eigenvalue weighted by Gasteiger charge is 2.09. The highest BCUT2D eigenvalue weighted by Crippen LogP contribution is 2.14.